The number of nitrogens with zero attached hydrogens (tertiary/aromatic N) is 1. The highest BCUT2D eigenvalue weighted by Gasteiger charge is 2.27. The third-order valence-corrected chi connectivity index (χ3v) is 2.60. The highest BCUT2D eigenvalue weighted by atomic mass is 16.3. The van der Waals surface area contributed by atoms with Crippen molar-refractivity contribution in [3.63, 3.8) is 0 Å². The van der Waals surface area contributed by atoms with Crippen LogP contribution < -0.4 is 0 Å². The minimum absolute atomic E-state index is 0.0890. The van der Waals surface area contributed by atoms with E-state index in [1.807, 2.05) is 18.7 Å². The molecule has 0 spiro atoms. The molecule has 1 rings (SSSR count). The fourth-order valence-corrected chi connectivity index (χ4v) is 1.74. The van der Waals surface area contributed by atoms with Gasteiger partial charge in [0.1, 0.15) is 0 Å². The number of carbonyl (C=O) groups excluding carboxylic acids is 1. The number of carbonyl (C=O) groups is 1. The highest BCUT2D eigenvalue weighted by molar-refractivity contribution is 5.76. The van der Waals surface area contributed by atoms with Crippen LogP contribution in [0.5, 0.6) is 0 Å². The van der Waals surface area contributed by atoms with Crippen molar-refractivity contribution in [3.05, 3.63) is 12.3 Å². The average Bonchev–Trinajstić information content (AvgIpc) is 2.50. The van der Waals surface area contributed by atoms with Crippen LogP contribution in [-0.4, -0.2) is 29.0 Å². The van der Waals surface area contributed by atoms with Crippen LogP contribution in [0.1, 0.15) is 26.7 Å². The highest BCUT2D eigenvalue weighted by Crippen LogP contribution is 2.22. The minimum atomic E-state index is 0.0890. The lowest BCUT2D eigenvalue weighted by Gasteiger charge is -2.17. The summed E-state index contributed by atoms with van der Waals surface area (Å²) in [5, 5.41) is 9.20. The van der Waals surface area contributed by atoms with Gasteiger partial charge in [0.15, 0.2) is 0 Å². The molecule has 14 heavy (non-hydrogen) atoms. The molecule has 1 amide bonds. The van der Waals surface area contributed by atoms with Crippen molar-refractivity contribution >= 4 is 5.91 Å². The summed E-state index contributed by atoms with van der Waals surface area (Å²) in [6.45, 7) is 8.99. The molecule has 0 radical (unpaired) electrons. The Bertz CT molecular complexity index is 235. The van der Waals surface area contributed by atoms with E-state index < -0.39 is 0 Å². The van der Waals surface area contributed by atoms with Crippen molar-refractivity contribution in [1.82, 2.24) is 4.90 Å². The Balaban J connectivity index is 2.42. The predicted molar refractivity (Wildman–Crippen MR) is 55.9 cm³/mol. The molecule has 1 unspecified atom stereocenters. The molecule has 0 aromatic rings. The van der Waals surface area contributed by atoms with Crippen molar-refractivity contribution in [2.45, 2.75) is 26.7 Å². The lowest BCUT2D eigenvalue weighted by molar-refractivity contribution is -0.131. The van der Waals surface area contributed by atoms with Gasteiger partial charge in [0, 0.05) is 25.4 Å². The summed E-state index contributed by atoms with van der Waals surface area (Å²) < 4.78 is 0. The van der Waals surface area contributed by atoms with Crippen LogP contribution in [-0.2, 0) is 4.79 Å². The number of hydrogen-bond donors (Lipinski definition) is 1. The quantitative estimate of drug-likeness (QED) is 0.702. The van der Waals surface area contributed by atoms with Gasteiger partial charge >= 0.3 is 0 Å². The van der Waals surface area contributed by atoms with Gasteiger partial charge in [-0.15, -0.1) is 0 Å². The lowest BCUT2D eigenvalue weighted by atomic mass is 10.1. The molecule has 1 aliphatic heterocycles. The maximum absolute atomic E-state index is 11.6. The van der Waals surface area contributed by atoms with Gasteiger partial charge in [-0.1, -0.05) is 20.4 Å². The summed E-state index contributed by atoms with van der Waals surface area (Å²) in [4.78, 5) is 13.5. The standard InChI is InChI=1S/C11H19NO2/c1-8(2)6-11(14)12-5-4-10(7-12)9(3)13/h8,10,13H,3-7H2,1-2H3. The molecule has 0 aromatic carbocycles. The van der Waals surface area contributed by atoms with Crippen LogP contribution in [0.15, 0.2) is 12.3 Å². The number of amides is 1. The first kappa shape index (κ1) is 11.1. The second-order valence-electron chi connectivity index (χ2n) is 4.41. The second-order valence-corrected chi connectivity index (χ2v) is 4.41. The van der Waals surface area contributed by atoms with Crippen molar-refractivity contribution in [1.29, 1.82) is 0 Å². The SMILES string of the molecule is C=C(O)C1CCN(C(=O)CC(C)C)C1. The van der Waals surface area contributed by atoms with Gasteiger partial charge in [0.2, 0.25) is 5.91 Å². The van der Waals surface area contributed by atoms with Crippen molar-refractivity contribution in [2.75, 3.05) is 13.1 Å². The average molecular weight is 197 g/mol. The zero-order valence-corrected chi connectivity index (χ0v) is 8.99. The van der Waals surface area contributed by atoms with Crippen molar-refractivity contribution in [3.8, 4) is 0 Å². The molecule has 0 bridgehead atoms. The van der Waals surface area contributed by atoms with Gasteiger partial charge in [-0.3, -0.25) is 4.79 Å². The van der Waals surface area contributed by atoms with Gasteiger partial charge < -0.3 is 10.0 Å². The Hall–Kier alpha value is -0.990. The number of aliphatic hydroxyl groups is 1. The molecule has 1 fully saturated rings. The van der Waals surface area contributed by atoms with Gasteiger partial charge in [0.25, 0.3) is 0 Å². The third-order valence-electron chi connectivity index (χ3n) is 2.60. The molecular formula is C11H19NO2. The molecule has 0 aromatic heterocycles. The van der Waals surface area contributed by atoms with E-state index in [0.29, 0.717) is 18.9 Å². The molecule has 0 saturated carbocycles. The van der Waals surface area contributed by atoms with E-state index in [9.17, 15) is 9.90 Å². The van der Waals surface area contributed by atoms with Crippen LogP contribution in [0, 0.1) is 11.8 Å². The van der Waals surface area contributed by atoms with E-state index in [0.717, 1.165) is 13.0 Å². The molecule has 1 N–H and O–H groups in total. The Morgan fingerprint density at radius 1 is 1.64 bits per heavy atom. The van der Waals surface area contributed by atoms with E-state index in [-0.39, 0.29) is 17.6 Å². The second kappa shape index (κ2) is 4.49. The lowest BCUT2D eigenvalue weighted by Crippen LogP contribution is -2.29. The van der Waals surface area contributed by atoms with Crippen molar-refractivity contribution < 1.29 is 9.90 Å². The fraction of sp³-hybridized carbons (Fsp3) is 0.727. The third kappa shape index (κ3) is 2.76. The molecule has 80 valence electrons. The Labute approximate surface area is 85.4 Å². The Morgan fingerprint density at radius 2 is 2.29 bits per heavy atom. The van der Waals surface area contributed by atoms with E-state index in [4.69, 9.17) is 0 Å². The van der Waals surface area contributed by atoms with E-state index in [2.05, 4.69) is 6.58 Å². The summed E-state index contributed by atoms with van der Waals surface area (Å²) in [6, 6.07) is 0. The Kier molecular flexibility index (Phi) is 3.55. The molecule has 3 heteroatoms. The summed E-state index contributed by atoms with van der Waals surface area (Å²) in [6.07, 6.45) is 1.45. The van der Waals surface area contributed by atoms with Crippen LogP contribution >= 0.6 is 0 Å². The van der Waals surface area contributed by atoms with Crippen molar-refractivity contribution in [2.24, 2.45) is 11.8 Å². The van der Waals surface area contributed by atoms with Crippen LogP contribution in [0.2, 0.25) is 0 Å². The first-order chi connectivity index (χ1) is 6.50. The number of hydrogen-bond acceptors (Lipinski definition) is 2. The summed E-state index contributed by atoms with van der Waals surface area (Å²) in [5.74, 6) is 0.901. The smallest absolute Gasteiger partial charge is 0.222 e. The summed E-state index contributed by atoms with van der Waals surface area (Å²) in [5.41, 5.74) is 0. The summed E-state index contributed by atoms with van der Waals surface area (Å²) >= 11 is 0. The molecular weight excluding hydrogens is 178 g/mol. The predicted octanol–water partition coefficient (Wildman–Crippen LogP) is 1.95. The number of aliphatic hydroxyl groups excluding tert-OH is 1. The monoisotopic (exact) mass is 197 g/mol. The van der Waals surface area contributed by atoms with Crippen LogP contribution in [0.3, 0.4) is 0 Å². The fourth-order valence-electron chi connectivity index (χ4n) is 1.74. The molecule has 0 aliphatic carbocycles. The minimum Gasteiger partial charge on any atom is -0.513 e. The number of likely N-dealkylation sites (tertiary alicyclic amines) is 1. The Morgan fingerprint density at radius 3 is 2.71 bits per heavy atom. The first-order valence-corrected chi connectivity index (χ1v) is 5.16. The van der Waals surface area contributed by atoms with Gasteiger partial charge in [0.05, 0.1) is 5.76 Å². The molecule has 1 atom stereocenters. The van der Waals surface area contributed by atoms with Gasteiger partial charge in [-0.25, -0.2) is 0 Å². The zero-order chi connectivity index (χ0) is 10.7. The van der Waals surface area contributed by atoms with Gasteiger partial charge in [-0.05, 0) is 12.3 Å². The van der Waals surface area contributed by atoms with E-state index >= 15 is 0 Å². The maximum Gasteiger partial charge on any atom is 0.222 e. The molecule has 1 aliphatic rings. The summed E-state index contributed by atoms with van der Waals surface area (Å²) in [7, 11) is 0. The molecule has 3 nitrogen and oxygen atoms in total. The zero-order valence-electron chi connectivity index (χ0n) is 8.99. The van der Waals surface area contributed by atoms with E-state index in [1.165, 1.54) is 0 Å². The topological polar surface area (TPSA) is 40.5 Å². The first-order valence-electron chi connectivity index (χ1n) is 5.16. The van der Waals surface area contributed by atoms with Crippen LogP contribution in [0.25, 0.3) is 0 Å². The maximum atomic E-state index is 11.6. The van der Waals surface area contributed by atoms with Crippen LogP contribution in [0.4, 0.5) is 0 Å². The van der Waals surface area contributed by atoms with Gasteiger partial charge in [-0.2, -0.15) is 0 Å². The molecule has 1 heterocycles. The number of rotatable bonds is 3. The van der Waals surface area contributed by atoms with E-state index in [1.54, 1.807) is 0 Å². The normalized spacial score (nSPS) is 21.6. The molecule has 1 saturated heterocycles. The largest absolute Gasteiger partial charge is 0.513 e.